The molecule has 0 aliphatic carbocycles. The van der Waals surface area contributed by atoms with Gasteiger partial charge in [-0.15, -0.1) is 0 Å². The Kier molecular flexibility index (Phi) is 2.01. The SMILES string of the molecule is BrCCC1CC2CCC1O2. The van der Waals surface area contributed by atoms with Gasteiger partial charge in [0.2, 0.25) is 0 Å². The number of halogens is 1. The van der Waals surface area contributed by atoms with Crippen molar-refractivity contribution in [2.24, 2.45) is 5.92 Å². The van der Waals surface area contributed by atoms with E-state index < -0.39 is 0 Å². The Morgan fingerprint density at radius 3 is 2.80 bits per heavy atom. The molecule has 3 unspecified atom stereocenters. The minimum absolute atomic E-state index is 0.627. The minimum atomic E-state index is 0.627. The zero-order chi connectivity index (χ0) is 6.97. The van der Waals surface area contributed by atoms with Crippen molar-refractivity contribution in [2.45, 2.75) is 37.9 Å². The van der Waals surface area contributed by atoms with Crippen molar-refractivity contribution in [3.05, 3.63) is 0 Å². The van der Waals surface area contributed by atoms with Crippen LogP contribution in [0.2, 0.25) is 0 Å². The van der Waals surface area contributed by atoms with Crippen molar-refractivity contribution in [3.8, 4) is 0 Å². The van der Waals surface area contributed by atoms with E-state index in [1.54, 1.807) is 0 Å². The van der Waals surface area contributed by atoms with Gasteiger partial charge >= 0.3 is 0 Å². The van der Waals surface area contributed by atoms with Crippen LogP contribution in [0.1, 0.15) is 25.7 Å². The highest BCUT2D eigenvalue weighted by Gasteiger charge is 2.39. The van der Waals surface area contributed by atoms with Crippen LogP contribution in [0.3, 0.4) is 0 Å². The summed E-state index contributed by atoms with van der Waals surface area (Å²) in [5, 5.41) is 1.14. The molecule has 2 fully saturated rings. The molecule has 58 valence electrons. The van der Waals surface area contributed by atoms with Crippen LogP contribution < -0.4 is 0 Å². The fraction of sp³-hybridized carbons (Fsp3) is 1.00. The summed E-state index contributed by atoms with van der Waals surface area (Å²) in [5.41, 5.74) is 0. The Labute approximate surface area is 70.3 Å². The molecular formula is C8H13BrO. The first-order chi connectivity index (χ1) is 4.90. The van der Waals surface area contributed by atoms with Crippen molar-refractivity contribution in [1.82, 2.24) is 0 Å². The van der Waals surface area contributed by atoms with Crippen LogP contribution in [0.15, 0.2) is 0 Å². The summed E-state index contributed by atoms with van der Waals surface area (Å²) in [4.78, 5) is 0. The molecule has 2 bridgehead atoms. The number of fused-ring (bicyclic) bond motifs is 2. The summed E-state index contributed by atoms with van der Waals surface area (Å²) < 4.78 is 5.72. The van der Waals surface area contributed by atoms with Gasteiger partial charge in [0.1, 0.15) is 0 Å². The molecule has 0 aromatic heterocycles. The van der Waals surface area contributed by atoms with Gasteiger partial charge in [-0.3, -0.25) is 0 Å². The predicted molar refractivity (Wildman–Crippen MR) is 44.4 cm³/mol. The summed E-state index contributed by atoms with van der Waals surface area (Å²) >= 11 is 3.48. The highest BCUT2D eigenvalue weighted by Crippen LogP contribution is 2.40. The Morgan fingerprint density at radius 2 is 2.30 bits per heavy atom. The van der Waals surface area contributed by atoms with Gasteiger partial charge in [0, 0.05) is 5.33 Å². The quantitative estimate of drug-likeness (QED) is 0.628. The van der Waals surface area contributed by atoms with E-state index in [1.165, 1.54) is 25.7 Å². The fourth-order valence-electron chi connectivity index (χ4n) is 2.19. The molecule has 2 heterocycles. The van der Waals surface area contributed by atoms with E-state index in [-0.39, 0.29) is 0 Å². The minimum Gasteiger partial charge on any atom is -0.375 e. The molecular weight excluding hydrogens is 192 g/mol. The highest BCUT2D eigenvalue weighted by molar-refractivity contribution is 9.09. The van der Waals surface area contributed by atoms with Crippen LogP contribution in [-0.2, 0) is 4.74 Å². The Hall–Kier alpha value is 0.440. The van der Waals surface area contributed by atoms with Gasteiger partial charge in [0.15, 0.2) is 0 Å². The van der Waals surface area contributed by atoms with Crippen LogP contribution in [0.25, 0.3) is 0 Å². The van der Waals surface area contributed by atoms with Gasteiger partial charge in [0.05, 0.1) is 12.2 Å². The van der Waals surface area contributed by atoms with E-state index in [1.807, 2.05) is 0 Å². The maximum absolute atomic E-state index is 5.72. The highest BCUT2D eigenvalue weighted by atomic mass is 79.9. The number of rotatable bonds is 2. The van der Waals surface area contributed by atoms with E-state index >= 15 is 0 Å². The zero-order valence-electron chi connectivity index (χ0n) is 6.05. The van der Waals surface area contributed by atoms with Gasteiger partial charge in [-0.2, -0.15) is 0 Å². The number of hydrogen-bond donors (Lipinski definition) is 0. The van der Waals surface area contributed by atoms with Gasteiger partial charge in [-0.25, -0.2) is 0 Å². The van der Waals surface area contributed by atoms with Crippen molar-refractivity contribution in [2.75, 3.05) is 5.33 Å². The molecule has 2 saturated heterocycles. The second kappa shape index (κ2) is 2.82. The lowest BCUT2D eigenvalue weighted by Crippen LogP contribution is -2.16. The molecule has 2 rings (SSSR count). The Balaban J connectivity index is 1.90. The summed E-state index contributed by atoms with van der Waals surface area (Å²) in [7, 11) is 0. The summed E-state index contributed by atoms with van der Waals surface area (Å²) in [5.74, 6) is 0.873. The third kappa shape index (κ3) is 1.12. The van der Waals surface area contributed by atoms with Gasteiger partial charge in [-0.1, -0.05) is 15.9 Å². The molecule has 3 atom stereocenters. The van der Waals surface area contributed by atoms with Crippen LogP contribution >= 0.6 is 15.9 Å². The third-order valence-corrected chi connectivity index (χ3v) is 3.17. The second-order valence-corrected chi connectivity index (χ2v) is 4.14. The van der Waals surface area contributed by atoms with E-state index in [0.29, 0.717) is 12.2 Å². The summed E-state index contributed by atoms with van der Waals surface area (Å²) in [6, 6.07) is 0. The lowest BCUT2D eigenvalue weighted by atomic mass is 9.88. The lowest BCUT2D eigenvalue weighted by Gasteiger charge is -2.16. The number of ether oxygens (including phenoxy) is 1. The summed E-state index contributed by atoms with van der Waals surface area (Å²) in [6.07, 6.45) is 6.54. The van der Waals surface area contributed by atoms with E-state index in [9.17, 15) is 0 Å². The maximum Gasteiger partial charge on any atom is 0.0609 e. The van der Waals surface area contributed by atoms with Gasteiger partial charge < -0.3 is 4.74 Å². The van der Waals surface area contributed by atoms with Crippen molar-refractivity contribution >= 4 is 15.9 Å². The van der Waals surface area contributed by atoms with Gasteiger partial charge in [0.25, 0.3) is 0 Å². The monoisotopic (exact) mass is 204 g/mol. The molecule has 0 spiro atoms. The molecule has 2 aliphatic rings. The lowest BCUT2D eigenvalue weighted by molar-refractivity contribution is 0.0922. The molecule has 0 saturated carbocycles. The van der Waals surface area contributed by atoms with E-state index in [4.69, 9.17) is 4.74 Å². The maximum atomic E-state index is 5.72. The predicted octanol–water partition coefficient (Wildman–Crippen LogP) is 2.34. The topological polar surface area (TPSA) is 9.23 Å². The largest absolute Gasteiger partial charge is 0.375 e. The van der Waals surface area contributed by atoms with Crippen molar-refractivity contribution in [1.29, 1.82) is 0 Å². The first-order valence-corrected chi connectivity index (χ1v) is 5.23. The van der Waals surface area contributed by atoms with Crippen LogP contribution in [0, 0.1) is 5.92 Å². The molecule has 0 amide bonds. The van der Waals surface area contributed by atoms with E-state index in [0.717, 1.165) is 11.2 Å². The molecule has 10 heavy (non-hydrogen) atoms. The third-order valence-electron chi connectivity index (χ3n) is 2.71. The molecule has 0 aromatic carbocycles. The fourth-order valence-corrected chi connectivity index (χ4v) is 2.78. The molecule has 0 aromatic rings. The molecule has 0 N–H and O–H groups in total. The molecule has 2 aliphatic heterocycles. The summed E-state index contributed by atoms with van der Waals surface area (Å²) in [6.45, 7) is 0. The van der Waals surface area contributed by atoms with Gasteiger partial charge in [-0.05, 0) is 31.6 Å². The zero-order valence-corrected chi connectivity index (χ0v) is 7.64. The molecule has 2 heteroatoms. The van der Waals surface area contributed by atoms with E-state index in [2.05, 4.69) is 15.9 Å². The first-order valence-electron chi connectivity index (χ1n) is 4.11. The smallest absolute Gasteiger partial charge is 0.0609 e. The second-order valence-electron chi connectivity index (χ2n) is 3.35. The van der Waals surface area contributed by atoms with Crippen LogP contribution in [-0.4, -0.2) is 17.5 Å². The molecule has 1 nitrogen and oxygen atoms in total. The average Bonchev–Trinajstić information content (AvgIpc) is 2.48. The van der Waals surface area contributed by atoms with Crippen molar-refractivity contribution in [3.63, 3.8) is 0 Å². The van der Waals surface area contributed by atoms with Crippen LogP contribution in [0.5, 0.6) is 0 Å². The van der Waals surface area contributed by atoms with Crippen molar-refractivity contribution < 1.29 is 4.74 Å². The average molecular weight is 205 g/mol. The normalized spacial score (nSPS) is 44.7. The number of hydrogen-bond acceptors (Lipinski definition) is 1. The first kappa shape index (κ1) is 7.11. The standard InChI is InChI=1S/C8H13BrO/c9-4-3-6-5-7-1-2-8(6)10-7/h6-8H,1-5H2. The number of alkyl halides is 1. The van der Waals surface area contributed by atoms with Crippen LogP contribution in [0.4, 0.5) is 0 Å². The Morgan fingerprint density at radius 1 is 1.40 bits per heavy atom. The molecule has 0 radical (unpaired) electrons. The Bertz CT molecular complexity index is 126.